The molecule has 1 N–H and O–H groups in total. The summed E-state index contributed by atoms with van der Waals surface area (Å²) in [4.78, 5) is 11.4. The van der Waals surface area contributed by atoms with Gasteiger partial charge in [-0.05, 0) is 50.3 Å². The largest absolute Gasteiger partial charge is 0.493 e. The first kappa shape index (κ1) is 19.5. The first-order valence-corrected chi connectivity index (χ1v) is 8.84. The molecule has 1 aromatic rings. The van der Waals surface area contributed by atoms with Gasteiger partial charge in [-0.2, -0.15) is 0 Å². The van der Waals surface area contributed by atoms with Crippen LogP contribution in [0.15, 0.2) is 18.2 Å². The lowest BCUT2D eigenvalue weighted by molar-refractivity contribution is -0.160. The summed E-state index contributed by atoms with van der Waals surface area (Å²) in [6.45, 7) is 5.28. The molecule has 6 heteroatoms. The van der Waals surface area contributed by atoms with E-state index in [1.165, 1.54) is 12.8 Å². The van der Waals surface area contributed by atoms with Crippen molar-refractivity contribution in [3.8, 4) is 11.5 Å². The quantitative estimate of drug-likeness (QED) is 0.581. The van der Waals surface area contributed by atoms with E-state index in [1.54, 1.807) is 13.2 Å². The Morgan fingerprint density at radius 3 is 2.40 bits per heavy atom. The number of rotatable bonds is 12. The number of carboxylic acid groups (broad SMARTS) is 1. The minimum absolute atomic E-state index is 0.0843. The van der Waals surface area contributed by atoms with Crippen LogP contribution in [0, 0.1) is 5.92 Å². The van der Waals surface area contributed by atoms with Crippen LogP contribution in [-0.2, 0) is 14.3 Å². The lowest BCUT2D eigenvalue weighted by Crippen LogP contribution is -2.28. The summed E-state index contributed by atoms with van der Waals surface area (Å²) >= 11 is 0. The number of methoxy groups -OCH3 is 1. The SMILES string of the molecule is CCOC(OCC)C(CC(=O)O)c1ccc(OC)c(OCC2CC2)c1. The van der Waals surface area contributed by atoms with Crippen LogP contribution in [-0.4, -0.2) is 44.3 Å². The number of carbonyl (C=O) groups is 1. The number of carboxylic acids is 1. The molecule has 1 unspecified atom stereocenters. The van der Waals surface area contributed by atoms with Gasteiger partial charge in [-0.3, -0.25) is 4.79 Å². The van der Waals surface area contributed by atoms with Crippen molar-refractivity contribution in [2.24, 2.45) is 5.92 Å². The Balaban J connectivity index is 2.26. The van der Waals surface area contributed by atoms with Gasteiger partial charge < -0.3 is 24.1 Å². The molecule has 1 aliphatic carbocycles. The topological polar surface area (TPSA) is 74.2 Å². The second kappa shape index (κ2) is 9.63. The normalized spacial score (nSPS) is 15.2. The molecule has 1 aromatic carbocycles. The van der Waals surface area contributed by atoms with Crippen LogP contribution in [0.3, 0.4) is 0 Å². The zero-order chi connectivity index (χ0) is 18.2. The van der Waals surface area contributed by atoms with Crippen LogP contribution in [0.5, 0.6) is 11.5 Å². The number of hydrogen-bond acceptors (Lipinski definition) is 5. The van der Waals surface area contributed by atoms with E-state index in [9.17, 15) is 9.90 Å². The van der Waals surface area contributed by atoms with Crippen molar-refractivity contribution in [1.82, 2.24) is 0 Å². The zero-order valence-electron chi connectivity index (χ0n) is 15.2. The van der Waals surface area contributed by atoms with E-state index in [1.807, 2.05) is 26.0 Å². The molecule has 1 fully saturated rings. The van der Waals surface area contributed by atoms with Crippen molar-refractivity contribution in [3.63, 3.8) is 0 Å². The third-order valence-corrected chi connectivity index (χ3v) is 4.17. The molecule has 0 bridgehead atoms. The fourth-order valence-corrected chi connectivity index (χ4v) is 2.70. The molecule has 0 heterocycles. The highest BCUT2D eigenvalue weighted by molar-refractivity contribution is 5.68. The molecule has 1 atom stereocenters. The zero-order valence-corrected chi connectivity index (χ0v) is 15.2. The molecule has 0 aromatic heterocycles. The summed E-state index contributed by atoms with van der Waals surface area (Å²) in [5.41, 5.74) is 0.806. The maximum absolute atomic E-state index is 11.4. The molecule has 0 saturated heterocycles. The highest BCUT2D eigenvalue weighted by Gasteiger charge is 2.28. The standard InChI is InChI=1S/C19H28O6/c1-4-23-19(24-5-2)15(11-18(20)21)14-8-9-16(22-3)17(10-14)25-12-13-6-7-13/h8-10,13,15,19H,4-7,11-12H2,1-3H3,(H,20,21). The summed E-state index contributed by atoms with van der Waals surface area (Å²) in [6.07, 6.45) is 1.69. The predicted molar refractivity (Wildman–Crippen MR) is 93.2 cm³/mol. The molecule has 2 rings (SSSR count). The molecular formula is C19H28O6. The van der Waals surface area contributed by atoms with E-state index >= 15 is 0 Å². The first-order valence-electron chi connectivity index (χ1n) is 8.84. The molecule has 25 heavy (non-hydrogen) atoms. The first-order chi connectivity index (χ1) is 12.1. The van der Waals surface area contributed by atoms with Crippen LogP contribution < -0.4 is 9.47 Å². The summed E-state index contributed by atoms with van der Waals surface area (Å²) in [5.74, 6) is 0.567. The Morgan fingerprint density at radius 1 is 1.20 bits per heavy atom. The molecule has 0 radical (unpaired) electrons. The van der Waals surface area contributed by atoms with Gasteiger partial charge >= 0.3 is 5.97 Å². The van der Waals surface area contributed by atoms with Gasteiger partial charge in [0.05, 0.1) is 20.1 Å². The minimum atomic E-state index is -0.898. The third kappa shape index (κ3) is 5.90. The highest BCUT2D eigenvalue weighted by atomic mass is 16.7. The molecular weight excluding hydrogens is 324 g/mol. The minimum Gasteiger partial charge on any atom is -0.493 e. The van der Waals surface area contributed by atoms with Crippen LogP contribution in [0.4, 0.5) is 0 Å². The fourth-order valence-electron chi connectivity index (χ4n) is 2.70. The molecule has 1 saturated carbocycles. The highest BCUT2D eigenvalue weighted by Crippen LogP contribution is 2.36. The van der Waals surface area contributed by atoms with Crippen LogP contribution in [0.25, 0.3) is 0 Å². The second-order valence-electron chi connectivity index (χ2n) is 6.15. The van der Waals surface area contributed by atoms with E-state index in [0.29, 0.717) is 37.2 Å². The number of ether oxygens (including phenoxy) is 4. The van der Waals surface area contributed by atoms with Gasteiger partial charge in [0, 0.05) is 19.1 Å². The molecule has 0 aliphatic heterocycles. The summed E-state index contributed by atoms with van der Waals surface area (Å²) in [6, 6.07) is 5.50. The fraction of sp³-hybridized carbons (Fsp3) is 0.632. The van der Waals surface area contributed by atoms with Gasteiger partial charge in [0.25, 0.3) is 0 Å². The van der Waals surface area contributed by atoms with Gasteiger partial charge in [-0.1, -0.05) is 6.07 Å². The Bertz CT molecular complexity index is 549. The summed E-state index contributed by atoms with van der Waals surface area (Å²) in [7, 11) is 1.59. The maximum Gasteiger partial charge on any atom is 0.304 e. The Kier molecular flexibility index (Phi) is 7.52. The van der Waals surface area contributed by atoms with Gasteiger partial charge in [0.1, 0.15) is 0 Å². The molecule has 140 valence electrons. The Hall–Kier alpha value is -1.79. The molecule has 0 amide bonds. The average Bonchev–Trinajstić information content (AvgIpc) is 3.42. The van der Waals surface area contributed by atoms with Crippen molar-refractivity contribution in [2.75, 3.05) is 26.9 Å². The molecule has 6 nitrogen and oxygen atoms in total. The van der Waals surface area contributed by atoms with E-state index in [4.69, 9.17) is 18.9 Å². The van der Waals surface area contributed by atoms with Crippen molar-refractivity contribution in [3.05, 3.63) is 23.8 Å². The van der Waals surface area contributed by atoms with Gasteiger partial charge in [0.2, 0.25) is 0 Å². The predicted octanol–water partition coefficient (Wildman–Crippen LogP) is 3.44. The van der Waals surface area contributed by atoms with Gasteiger partial charge in [-0.25, -0.2) is 0 Å². The maximum atomic E-state index is 11.4. The lowest BCUT2D eigenvalue weighted by atomic mass is 9.94. The summed E-state index contributed by atoms with van der Waals surface area (Å²) < 4.78 is 22.6. The van der Waals surface area contributed by atoms with Gasteiger partial charge in [-0.15, -0.1) is 0 Å². The number of hydrogen-bond donors (Lipinski definition) is 1. The smallest absolute Gasteiger partial charge is 0.304 e. The molecule has 0 spiro atoms. The van der Waals surface area contributed by atoms with Crippen molar-refractivity contribution in [2.45, 2.75) is 45.3 Å². The van der Waals surface area contributed by atoms with Crippen LogP contribution in [0.2, 0.25) is 0 Å². The Morgan fingerprint density at radius 2 is 1.88 bits per heavy atom. The summed E-state index contributed by atoms with van der Waals surface area (Å²) in [5, 5.41) is 9.32. The monoisotopic (exact) mass is 352 g/mol. The van der Waals surface area contributed by atoms with Crippen LogP contribution >= 0.6 is 0 Å². The molecule has 1 aliphatic rings. The third-order valence-electron chi connectivity index (χ3n) is 4.17. The number of benzene rings is 1. The van der Waals surface area contributed by atoms with E-state index < -0.39 is 18.2 Å². The number of aliphatic carboxylic acids is 1. The van der Waals surface area contributed by atoms with Crippen molar-refractivity contribution in [1.29, 1.82) is 0 Å². The van der Waals surface area contributed by atoms with E-state index in [2.05, 4.69) is 0 Å². The lowest BCUT2D eigenvalue weighted by Gasteiger charge is -2.26. The Labute approximate surface area is 149 Å². The van der Waals surface area contributed by atoms with Crippen LogP contribution in [0.1, 0.15) is 44.6 Å². The van der Waals surface area contributed by atoms with Crippen molar-refractivity contribution >= 4 is 5.97 Å². The second-order valence-corrected chi connectivity index (χ2v) is 6.15. The van der Waals surface area contributed by atoms with Gasteiger partial charge in [0.15, 0.2) is 17.8 Å². The van der Waals surface area contributed by atoms with E-state index in [0.717, 1.165) is 5.56 Å². The average molecular weight is 352 g/mol. The van der Waals surface area contributed by atoms with E-state index in [-0.39, 0.29) is 6.42 Å². The van der Waals surface area contributed by atoms with Crippen molar-refractivity contribution < 1.29 is 28.8 Å².